The van der Waals surface area contributed by atoms with E-state index in [2.05, 4.69) is 26.1 Å². The molecule has 0 bridgehead atoms. The molecule has 1 atom stereocenters. The number of hydrogen-bond donors (Lipinski definition) is 3. The Balaban J connectivity index is 1.20. The lowest BCUT2D eigenvalue weighted by molar-refractivity contribution is -0.136. The Morgan fingerprint density at radius 1 is 1.17 bits per heavy atom. The van der Waals surface area contributed by atoms with Gasteiger partial charge in [0.05, 0.1) is 0 Å². The van der Waals surface area contributed by atoms with Crippen LogP contribution in [0.5, 0.6) is 0 Å². The number of carbonyl (C=O) groups is 3. The molecule has 5 rings (SSSR count). The van der Waals surface area contributed by atoms with Crippen LogP contribution in [0.15, 0.2) is 18.2 Å². The molecular weight excluding hydrogens is 404 g/mol. The van der Waals surface area contributed by atoms with Crippen molar-refractivity contribution in [1.29, 1.82) is 0 Å². The average molecular weight is 427 g/mol. The van der Waals surface area contributed by atoms with E-state index in [1.54, 1.807) is 16.2 Å². The third-order valence-corrected chi connectivity index (χ3v) is 6.90. The minimum absolute atomic E-state index is 0.149. The van der Waals surface area contributed by atoms with Crippen LogP contribution in [0.1, 0.15) is 50.3 Å². The fraction of sp³-hybridized carbons (Fsp3) is 0.450. The van der Waals surface area contributed by atoms with Crippen LogP contribution >= 0.6 is 11.3 Å². The lowest BCUT2D eigenvalue weighted by Crippen LogP contribution is -2.52. The first-order chi connectivity index (χ1) is 14.6. The minimum atomic E-state index is -0.582. The molecule has 2 saturated heterocycles. The van der Waals surface area contributed by atoms with Crippen LogP contribution in [-0.4, -0.2) is 52.0 Å². The molecule has 10 heteroatoms. The molecule has 3 aliphatic heterocycles. The van der Waals surface area contributed by atoms with E-state index < -0.39 is 6.04 Å². The molecule has 3 N–H and O–H groups in total. The maximum Gasteiger partial charge on any atom is 0.255 e. The Bertz CT molecular complexity index is 1020. The Labute approximate surface area is 177 Å². The molecule has 156 valence electrons. The summed E-state index contributed by atoms with van der Waals surface area (Å²) >= 11 is 1.64. The minimum Gasteiger partial charge on any atom is -0.322 e. The monoisotopic (exact) mass is 426 g/mol. The second kappa shape index (κ2) is 7.86. The molecule has 0 spiro atoms. The molecular formula is C20H22N6O3S. The highest BCUT2D eigenvalue weighted by Crippen LogP contribution is 2.28. The van der Waals surface area contributed by atoms with Gasteiger partial charge in [-0.3, -0.25) is 19.7 Å². The highest BCUT2D eigenvalue weighted by molar-refractivity contribution is 7.11. The van der Waals surface area contributed by atoms with E-state index in [0.29, 0.717) is 37.5 Å². The maximum absolute atomic E-state index is 12.9. The summed E-state index contributed by atoms with van der Waals surface area (Å²) in [5.41, 5.74) is 2.55. The van der Waals surface area contributed by atoms with Gasteiger partial charge in [-0.1, -0.05) is 23.5 Å². The third-order valence-electron chi connectivity index (χ3n) is 5.81. The number of aromatic nitrogens is 2. The molecule has 4 heterocycles. The van der Waals surface area contributed by atoms with Crippen molar-refractivity contribution in [3.05, 3.63) is 44.9 Å². The predicted octanol–water partition coefficient (Wildman–Crippen LogP) is 0.276. The zero-order valence-corrected chi connectivity index (χ0v) is 17.1. The predicted molar refractivity (Wildman–Crippen MR) is 109 cm³/mol. The topological polar surface area (TPSA) is 116 Å². The number of carbonyl (C=O) groups excluding carboxylic acids is 3. The number of benzene rings is 1. The van der Waals surface area contributed by atoms with Crippen molar-refractivity contribution in [2.75, 3.05) is 13.1 Å². The van der Waals surface area contributed by atoms with Crippen LogP contribution in [0.25, 0.3) is 0 Å². The van der Waals surface area contributed by atoms with Crippen molar-refractivity contribution < 1.29 is 14.4 Å². The van der Waals surface area contributed by atoms with Crippen LogP contribution in [0.3, 0.4) is 0 Å². The second-order valence-corrected chi connectivity index (χ2v) is 8.98. The molecule has 1 unspecified atom stereocenters. The van der Waals surface area contributed by atoms with Crippen LogP contribution in [0.2, 0.25) is 0 Å². The highest BCUT2D eigenvalue weighted by atomic mass is 32.1. The highest BCUT2D eigenvalue weighted by Gasteiger charge is 2.39. The van der Waals surface area contributed by atoms with Crippen molar-refractivity contribution in [2.45, 2.75) is 44.4 Å². The number of rotatable bonds is 6. The Kier molecular flexibility index (Phi) is 5.05. The summed E-state index contributed by atoms with van der Waals surface area (Å²) in [4.78, 5) is 38.0. The second-order valence-electron chi connectivity index (χ2n) is 7.88. The lowest BCUT2D eigenvalue weighted by Gasteiger charge is -2.29. The maximum atomic E-state index is 12.9. The Hall–Kier alpha value is -2.69. The fourth-order valence-corrected chi connectivity index (χ4v) is 4.90. The summed E-state index contributed by atoms with van der Waals surface area (Å²) in [6, 6.07) is 5.26. The quantitative estimate of drug-likeness (QED) is 0.568. The summed E-state index contributed by atoms with van der Waals surface area (Å²) in [6.07, 6.45) is 0.635. The zero-order valence-electron chi connectivity index (χ0n) is 16.3. The number of imide groups is 1. The summed E-state index contributed by atoms with van der Waals surface area (Å²) in [7, 11) is 0. The van der Waals surface area contributed by atoms with Gasteiger partial charge in [-0.2, -0.15) is 0 Å². The van der Waals surface area contributed by atoms with Gasteiger partial charge >= 0.3 is 0 Å². The summed E-state index contributed by atoms with van der Waals surface area (Å²) in [5.74, 6) is -0.320. The Morgan fingerprint density at radius 3 is 2.80 bits per heavy atom. The van der Waals surface area contributed by atoms with E-state index >= 15 is 0 Å². The van der Waals surface area contributed by atoms with Gasteiger partial charge in [0.15, 0.2) is 0 Å². The number of nitrogens with zero attached hydrogens (tertiary/aromatic N) is 3. The van der Waals surface area contributed by atoms with Crippen molar-refractivity contribution in [3.8, 4) is 0 Å². The number of piperidine rings is 1. The van der Waals surface area contributed by atoms with E-state index in [1.165, 1.54) is 0 Å². The van der Waals surface area contributed by atoms with Gasteiger partial charge in [-0.05, 0) is 23.6 Å². The number of amides is 3. The van der Waals surface area contributed by atoms with Crippen LogP contribution < -0.4 is 16.0 Å². The summed E-state index contributed by atoms with van der Waals surface area (Å²) in [6.45, 7) is 3.59. The molecule has 2 aromatic rings. The largest absolute Gasteiger partial charge is 0.322 e. The molecule has 9 nitrogen and oxygen atoms in total. The van der Waals surface area contributed by atoms with Crippen molar-refractivity contribution in [2.24, 2.45) is 0 Å². The van der Waals surface area contributed by atoms with E-state index in [4.69, 9.17) is 0 Å². The van der Waals surface area contributed by atoms with Gasteiger partial charge in [-0.25, -0.2) is 0 Å². The van der Waals surface area contributed by atoms with Gasteiger partial charge in [0, 0.05) is 50.6 Å². The number of hydrogen-bond acceptors (Lipinski definition) is 8. The van der Waals surface area contributed by atoms with E-state index in [-0.39, 0.29) is 24.1 Å². The summed E-state index contributed by atoms with van der Waals surface area (Å²) in [5, 5.41) is 19.5. The van der Waals surface area contributed by atoms with Gasteiger partial charge in [0.2, 0.25) is 11.8 Å². The van der Waals surface area contributed by atoms with Gasteiger partial charge in [-0.15, -0.1) is 10.2 Å². The van der Waals surface area contributed by atoms with Crippen LogP contribution in [0, 0.1) is 0 Å². The smallest absolute Gasteiger partial charge is 0.255 e. The SMILES string of the molecule is O=C1CCC(N2Cc3ccc(CNCc4nnc(C5CNC5)s4)cc3C2=O)C(=O)N1. The number of fused-ring (bicyclic) bond motifs is 1. The molecule has 1 aromatic heterocycles. The lowest BCUT2D eigenvalue weighted by atomic mass is 10.0. The van der Waals surface area contributed by atoms with Gasteiger partial charge in [0.25, 0.3) is 5.91 Å². The fourth-order valence-electron chi connectivity index (χ4n) is 3.99. The normalized spacial score (nSPS) is 21.5. The zero-order chi connectivity index (χ0) is 20.7. The van der Waals surface area contributed by atoms with E-state index in [1.807, 2.05) is 18.2 Å². The van der Waals surface area contributed by atoms with Gasteiger partial charge in [0.1, 0.15) is 16.1 Å². The number of nitrogens with one attached hydrogen (secondary N) is 3. The Morgan fingerprint density at radius 2 is 2.03 bits per heavy atom. The van der Waals surface area contributed by atoms with Crippen LogP contribution in [-0.2, 0) is 29.2 Å². The van der Waals surface area contributed by atoms with E-state index in [0.717, 1.165) is 34.2 Å². The average Bonchev–Trinajstić information content (AvgIpc) is 3.26. The third kappa shape index (κ3) is 3.62. The molecule has 1 aromatic carbocycles. The van der Waals surface area contributed by atoms with Crippen molar-refractivity contribution in [3.63, 3.8) is 0 Å². The molecule has 3 amide bonds. The molecule has 2 fully saturated rings. The first-order valence-electron chi connectivity index (χ1n) is 10.1. The summed E-state index contributed by atoms with van der Waals surface area (Å²) < 4.78 is 0. The molecule has 3 aliphatic rings. The van der Waals surface area contributed by atoms with E-state index in [9.17, 15) is 14.4 Å². The van der Waals surface area contributed by atoms with Gasteiger partial charge < -0.3 is 15.5 Å². The van der Waals surface area contributed by atoms with Crippen molar-refractivity contribution >= 4 is 29.1 Å². The standard InChI is InChI=1S/C20H22N6O3S/c27-16-4-3-15(18(28)23-16)26-10-12-2-1-11(5-14(12)20(26)29)6-21-9-17-24-25-19(30-17)13-7-22-8-13/h1-2,5,13,15,21-22H,3-4,6-10H2,(H,23,27,28). The molecule has 0 aliphatic carbocycles. The first-order valence-corrected chi connectivity index (χ1v) is 10.9. The van der Waals surface area contributed by atoms with Crippen molar-refractivity contribution in [1.82, 2.24) is 31.0 Å². The van der Waals surface area contributed by atoms with Crippen LogP contribution in [0.4, 0.5) is 0 Å². The first kappa shape index (κ1) is 19.3. The molecule has 0 radical (unpaired) electrons. The molecule has 30 heavy (non-hydrogen) atoms. The molecule has 0 saturated carbocycles.